The summed E-state index contributed by atoms with van der Waals surface area (Å²) in [6.07, 6.45) is 0.0785. The average Bonchev–Trinajstić information content (AvgIpc) is 2.61. The quantitative estimate of drug-likeness (QED) is 0.540. The van der Waals surface area contributed by atoms with E-state index >= 15 is 0 Å². The van der Waals surface area contributed by atoms with Gasteiger partial charge in [-0.3, -0.25) is 9.59 Å². The number of fused-ring (bicyclic) bond motifs is 1. The number of hydrogen-bond acceptors (Lipinski definition) is 7. The van der Waals surface area contributed by atoms with Gasteiger partial charge < -0.3 is 24.9 Å². The number of carbonyl (C=O) groups excluding carboxylic acids is 1. The number of thioether (sulfide) groups is 1. The molecule has 0 fully saturated rings. The lowest BCUT2D eigenvalue weighted by molar-refractivity contribution is -0.116. The maximum atomic E-state index is 12.7. The van der Waals surface area contributed by atoms with Crippen LogP contribution < -0.4 is 20.3 Å². The zero-order valence-electron chi connectivity index (χ0n) is 14.6. The average molecular weight is 377 g/mol. The van der Waals surface area contributed by atoms with Gasteiger partial charge in [0, 0.05) is 12.3 Å². The number of aromatic nitrogens is 2. The molecule has 1 aromatic carbocycles. The van der Waals surface area contributed by atoms with E-state index in [1.54, 1.807) is 12.1 Å². The van der Waals surface area contributed by atoms with Crippen molar-refractivity contribution in [1.29, 1.82) is 0 Å². The number of amides is 1. The molecule has 0 aliphatic carbocycles. The minimum Gasteiger partial charge on any atom is -0.502 e. The maximum absolute atomic E-state index is 12.7. The van der Waals surface area contributed by atoms with Crippen LogP contribution in [0.15, 0.2) is 22.1 Å². The topological polar surface area (TPSA) is 114 Å². The third-order valence-corrected chi connectivity index (χ3v) is 4.87. The van der Waals surface area contributed by atoms with Crippen molar-refractivity contribution < 1.29 is 19.4 Å². The minimum absolute atomic E-state index is 0.0785. The van der Waals surface area contributed by atoms with E-state index in [4.69, 9.17) is 9.47 Å². The summed E-state index contributed by atoms with van der Waals surface area (Å²) in [5.41, 5.74) is 0.692. The Labute approximate surface area is 153 Å². The summed E-state index contributed by atoms with van der Waals surface area (Å²) in [6.45, 7) is 1.94. The first kappa shape index (κ1) is 18.1. The number of H-pyrrole nitrogens is 1. The minimum atomic E-state index is -0.529. The third-order valence-electron chi connectivity index (χ3n) is 4.11. The second kappa shape index (κ2) is 7.28. The van der Waals surface area contributed by atoms with Crippen LogP contribution in [0.4, 0.5) is 5.82 Å². The summed E-state index contributed by atoms with van der Waals surface area (Å²) < 4.78 is 10.4. The van der Waals surface area contributed by atoms with Gasteiger partial charge in [0.1, 0.15) is 5.82 Å². The van der Waals surface area contributed by atoms with Gasteiger partial charge in [-0.25, -0.2) is 4.98 Å². The van der Waals surface area contributed by atoms with Gasteiger partial charge >= 0.3 is 0 Å². The Morgan fingerprint density at radius 2 is 1.92 bits per heavy atom. The Bertz CT molecular complexity index is 887. The monoisotopic (exact) mass is 377 g/mol. The number of methoxy groups -OCH3 is 2. The first-order valence-electron chi connectivity index (χ1n) is 8.00. The fourth-order valence-electron chi connectivity index (χ4n) is 2.96. The van der Waals surface area contributed by atoms with Crippen molar-refractivity contribution in [2.45, 2.75) is 24.4 Å². The van der Waals surface area contributed by atoms with Gasteiger partial charge in [0.25, 0.3) is 5.56 Å². The van der Waals surface area contributed by atoms with E-state index in [0.29, 0.717) is 16.3 Å². The van der Waals surface area contributed by atoms with Crippen LogP contribution in [0, 0.1) is 0 Å². The van der Waals surface area contributed by atoms with Crippen LogP contribution in [0.1, 0.15) is 30.4 Å². The first-order valence-corrected chi connectivity index (χ1v) is 8.98. The number of ether oxygens (including phenoxy) is 2. The van der Waals surface area contributed by atoms with E-state index in [1.165, 1.54) is 26.0 Å². The lowest BCUT2D eigenvalue weighted by Crippen LogP contribution is -2.31. The Morgan fingerprint density at radius 3 is 2.50 bits per heavy atom. The second-order valence-electron chi connectivity index (χ2n) is 5.65. The number of phenols is 1. The molecule has 2 aromatic rings. The van der Waals surface area contributed by atoms with Crippen LogP contribution >= 0.6 is 11.8 Å². The van der Waals surface area contributed by atoms with E-state index in [1.807, 2.05) is 6.92 Å². The summed E-state index contributed by atoms with van der Waals surface area (Å²) in [5.74, 6) is 0.505. The number of carbonyl (C=O) groups is 1. The third kappa shape index (κ3) is 3.22. The SMILES string of the molecule is CCSc1nc2c(c(=O)[nH]1)[C@H](c1cc(OC)c(O)c(OC)c1)CC(=O)N2. The number of hydrogen-bond donors (Lipinski definition) is 3. The molecule has 3 N–H and O–H groups in total. The highest BCUT2D eigenvalue weighted by molar-refractivity contribution is 7.99. The fourth-order valence-corrected chi connectivity index (χ4v) is 3.55. The van der Waals surface area contributed by atoms with Gasteiger partial charge in [-0.2, -0.15) is 0 Å². The van der Waals surface area contributed by atoms with Crippen LogP contribution in [-0.2, 0) is 4.79 Å². The van der Waals surface area contributed by atoms with Crippen molar-refractivity contribution in [3.63, 3.8) is 0 Å². The molecule has 1 atom stereocenters. The highest BCUT2D eigenvalue weighted by Gasteiger charge is 2.32. The standard InChI is InChI=1S/C17H19N3O5S/c1-4-26-17-19-15-13(16(23)20-17)9(7-12(21)18-15)8-5-10(24-2)14(22)11(6-8)25-3/h5-6,9,22H,4,7H2,1-3H3,(H2,18,19,20,21,23)/t9-/m0/s1. The molecule has 1 aliphatic rings. The molecular formula is C17H19N3O5S. The summed E-state index contributed by atoms with van der Waals surface area (Å²) in [6, 6.07) is 3.19. The molecule has 0 saturated heterocycles. The molecule has 1 amide bonds. The van der Waals surface area contributed by atoms with Crippen LogP contribution in [0.5, 0.6) is 17.2 Å². The van der Waals surface area contributed by atoms with E-state index in [-0.39, 0.29) is 41.0 Å². The molecule has 1 aromatic heterocycles. The van der Waals surface area contributed by atoms with Crippen LogP contribution in [-0.4, -0.2) is 41.0 Å². The Hall–Kier alpha value is -2.68. The van der Waals surface area contributed by atoms with Crippen LogP contribution in [0.3, 0.4) is 0 Å². The van der Waals surface area contributed by atoms with Crippen molar-refractivity contribution in [1.82, 2.24) is 9.97 Å². The summed E-state index contributed by atoms with van der Waals surface area (Å²) >= 11 is 1.38. The zero-order chi connectivity index (χ0) is 18.8. The number of phenolic OH excluding ortho intramolecular Hbond substituents is 1. The molecule has 8 nitrogen and oxygen atoms in total. The number of nitrogens with zero attached hydrogens (tertiary/aromatic N) is 1. The Morgan fingerprint density at radius 1 is 1.27 bits per heavy atom. The van der Waals surface area contributed by atoms with E-state index < -0.39 is 5.92 Å². The zero-order valence-corrected chi connectivity index (χ0v) is 15.4. The molecule has 0 bridgehead atoms. The molecule has 3 rings (SSSR count). The summed E-state index contributed by atoms with van der Waals surface area (Å²) in [5, 5.41) is 13.2. The smallest absolute Gasteiger partial charge is 0.257 e. The molecule has 1 aliphatic heterocycles. The normalized spacial score (nSPS) is 16.0. The molecular weight excluding hydrogens is 358 g/mol. The molecule has 138 valence electrons. The lowest BCUT2D eigenvalue weighted by atomic mass is 9.86. The van der Waals surface area contributed by atoms with E-state index in [9.17, 15) is 14.7 Å². The summed E-state index contributed by atoms with van der Waals surface area (Å²) in [7, 11) is 2.84. The van der Waals surface area contributed by atoms with E-state index in [0.717, 1.165) is 5.75 Å². The number of aromatic amines is 1. The fraction of sp³-hybridized carbons (Fsp3) is 0.353. The highest BCUT2D eigenvalue weighted by atomic mass is 32.2. The van der Waals surface area contributed by atoms with Gasteiger partial charge in [-0.1, -0.05) is 18.7 Å². The van der Waals surface area contributed by atoms with Crippen molar-refractivity contribution in [3.8, 4) is 17.2 Å². The maximum Gasteiger partial charge on any atom is 0.257 e. The van der Waals surface area contributed by atoms with E-state index in [2.05, 4.69) is 15.3 Å². The largest absolute Gasteiger partial charge is 0.502 e. The van der Waals surface area contributed by atoms with Crippen LogP contribution in [0.2, 0.25) is 0 Å². The van der Waals surface area contributed by atoms with Crippen molar-refractivity contribution >= 4 is 23.5 Å². The number of anilines is 1. The first-order chi connectivity index (χ1) is 12.5. The van der Waals surface area contributed by atoms with Gasteiger partial charge in [0.2, 0.25) is 11.7 Å². The number of benzene rings is 1. The number of aromatic hydroxyl groups is 1. The molecule has 9 heteroatoms. The second-order valence-corrected chi connectivity index (χ2v) is 6.90. The number of nitrogens with one attached hydrogen (secondary N) is 2. The molecule has 0 spiro atoms. The Balaban J connectivity index is 2.16. The van der Waals surface area contributed by atoms with Crippen molar-refractivity contribution in [2.24, 2.45) is 0 Å². The van der Waals surface area contributed by atoms with Crippen molar-refractivity contribution in [2.75, 3.05) is 25.3 Å². The lowest BCUT2D eigenvalue weighted by Gasteiger charge is -2.25. The Kier molecular flexibility index (Phi) is 5.08. The molecule has 0 unspecified atom stereocenters. The van der Waals surface area contributed by atoms with Crippen molar-refractivity contribution in [3.05, 3.63) is 33.6 Å². The van der Waals surface area contributed by atoms with Gasteiger partial charge in [-0.05, 0) is 23.4 Å². The molecule has 0 saturated carbocycles. The molecule has 0 radical (unpaired) electrons. The molecule has 2 heterocycles. The number of rotatable bonds is 5. The predicted molar refractivity (Wildman–Crippen MR) is 97.6 cm³/mol. The van der Waals surface area contributed by atoms with Gasteiger partial charge in [0.15, 0.2) is 16.7 Å². The van der Waals surface area contributed by atoms with Gasteiger partial charge in [-0.15, -0.1) is 0 Å². The summed E-state index contributed by atoms with van der Waals surface area (Å²) in [4.78, 5) is 31.9. The van der Waals surface area contributed by atoms with Gasteiger partial charge in [0.05, 0.1) is 19.8 Å². The van der Waals surface area contributed by atoms with Crippen LogP contribution in [0.25, 0.3) is 0 Å². The predicted octanol–water partition coefficient (Wildman–Crippen LogP) is 2.08. The molecule has 26 heavy (non-hydrogen) atoms. The highest BCUT2D eigenvalue weighted by Crippen LogP contribution is 2.42.